The highest BCUT2D eigenvalue weighted by Gasteiger charge is 2.18. The minimum absolute atomic E-state index is 0.297. The van der Waals surface area contributed by atoms with Crippen molar-refractivity contribution in [3.63, 3.8) is 0 Å². The van der Waals surface area contributed by atoms with E-state index >= 15 is 0 Å². The first kappa shape index (κ1) is 13.1. The van der Waals surface area contributed by atoms with Crippen molar-refractivity contribution < 1.29 is 0 Å². The molecule has 1 N–H and O–H groups in total. The van der Waals surface area contributed by atoms with Crippen LogP contribution in [0.3, 0.4) is 0 Å². The molecule has 3 heteroatoms. The van der Waals surface area contributed by atoms with Crippen LogP contribution in [0.15, 0.2) is 24.5 Å². The molecule has 0 saturated heterocycles. The van der Waals surface area contributed by atoms with Crippen LogP contribution < -0.4 is 5.32 Å². The number of rotatable bonds is 6. The van der Waals surface area contributed by atoms with Gasteiger partial charge in [-0.3, -0.25) is 4.98 Å². The Morgan fingerprint density at radius 1 is 1.44 bits per heavy atom. The molecule has 1 aromatic rings. The van der Waals surface area contributed by atoms with Crippen LogP contribution in [0.5, 0.6) is 0 Å². The quantitative estimate of drug-likeness (QED) is 0.793. The monoisotopic (exact) mass is 221 g/mol. The van der Waals surface area contributed by atoms with Crippen molar-refractivity contribution in [1.29, 1.82) is 0 Å². The predicted octanol–water partition coefficient (Wildman–Crippen LogP) is 1.76. The Hall–Kier alpha value is -0.930. The number of nitrogens with one attached hydrogen (secondary N) is 1. The number of nitrogens with zero attached hydrogens (tertiary/aromatic N) is 2. The highest BCUT2D eigenvalue weighted by Crippen LogP contribution is 2.16. The summed E-state index contributed by atoms with van der Waals surface area (Å²) in [6.07, 6.45) is 3.75. The summed E-state index contributed by atoms with van der Waals surface area (Å²) < 4.78 is 0. The summed E-state index contributed by atoms with van der Waals surface area (Å²) >= 11 is 0. The fraction of sp³-hybridized carbons (Fsp3) is 0.615. The first-order valence-corrected chi connectivity index (χ1v) is 5.75. The molecule has 90 valence electrons. The second-order valence-corrected chi connectivity index (χ2v) is 5.23. The van der Waals surface area contributed by atoms with Crippen LogP contribution in [0, 0.1) is 5.41 Å². The first-order valence-electron chi connectivity index (χ1n) is 5.75. The maximum Gasteiger partial charge on any atom is 0.0312 e. The first-order chi connectivity index (χ1) is 7.53. The van der Waals surface area contributed by atoms with E-state index in [0.717, 1.165) is 19.6 Å². The second-order valence-electron chi connectivity index (χ2n) is 5.23. The summed E-state index contributed by atoms with van der Waals surface area (Å²) in [5.74, 6) is 0. The van der Waals surface area contributed by atoms with E-state index in [1.807, 2.05) is 25.5 Å². The van der Waals surface area contributed by atoms with Crippen LogP contribution >= 0.6 is 0 Å². The Balaban J connectivity index is 2.44. The van der Waals surface area contributed by atoms with Crippen molar-refractivity contribution in [1.82, 2.24) is 15.2 Å². The molecule has 0 unspecified atom stereocenters. The number of aromatic nitrogens is 1. The number of pyridine rings is 1. The normalized spacial score (nSPS) is 12.1. The van der Waals surface area contributed by atoms with Crippen LogP contribution in [0.25, 0.3) is 0 Å². The Bertz CT molecular complexity index is 295. The van der Waals surface area contributed by atoms with Gasteiger partial charge in [0.15, 0.2) is 0 Å². The van der Waals surface area contributed by atoms with E-state index in [9.17, 15) is 0 Å². The molecule has 0 radical (unpaired) electrons. The minimum atomic E-state index is 0.297. The van der Waals surface area contributed by atoms with Crippen molar-refractivity contribution in [2.24, 2.45) is 5.41 Å². The van der Waals surface area contributed by atoms with Gasteiger partial charge in [-0.15, -0.1) is 0 Å². The molecule has 1 aromatic heterocycles. The van der Waals surface area contributed by atoms with Gasteiger partial charge >= 0.3 is 0 Å². The average Bonchev–Trinajstić information content (AvgIpc) is 2.17. The molecule has 3 nitrogen and oxygen atoms in total. The highest BCUT2D eigenvalue weighted by atomic mass is 15.1. The fourth-order valence-corrected chi connectivity index (χ4v) is 2.12. The molecule has 0 atom stereocenters. The van der Waals surface area contributed by atoms with Crippen molar-refractivity contribution >= 4 is 0 Å². The Kier molecular flexibility index (Phi) is 4.90. The van der Waals surface area contributed by atoms with Crippen LogP contribution in [0.2, 0.25) is 0 Å². The molecule has 1 rings (SSSR count). The molecule has 16 heavy (non-hydrogen) atoms. The number of hydrogen-bond acceptors (Lipinski definition) is 3. The molecule has 0 bridgehead atoms. The van der Waals surface area contributed by atoms with E-state index in [0.29, 0.717) is 5.41 Å². The van der Waals surface area contributed by atoms with Gasteiger partial charge in [-0.05, 0) is 31.1 Å². The van der Waals surface area contributed by atoms with Gasteiger partial charge in [0.25, 0.3) is 0 Å². The largest absolute Gasteiger partial charge is 0.319 e. The number of hydrogen-bond donors (Lipinski definition) is 1. The lowest BCUT2D eigenvalue weighted by Gasteiger charge is -2.30. The Morgan fingerprint density at radius 2 is 2.19 bits per heavy atom. The average molecular weight is 221 g/mol. The van der Waals surface area contributed by atoms with Gasteiger partial charge in [-0.25, -0.2) is 0 Å². The van der Waals surface area contributed by atoms with E-state index in [2.05, 4.69) is 42.2 Å². The molecule has 0 aliphatic heterocycles. The lowest BCUT2D eigenvalue weighted by molar-refractivity contribution is 0.201. The third-order valence-corrected chi connectivity index (χ3v) is 2.53. The maximum atomic E-state index is 4.13. The lowest BCUT2D eigenvalue weighted by Crippen LogP contribution is -2.37. The summed E-state index contributed by atoms with van der Waals surface area (Å²) in [6, 6.07) is 4.11. The molecule has 0 aromatic carbocycles. The standard InChI is InChI=1S/C13H23N3/c1-13(2,10-14-3)11-16(4)9-12-6-5-7-15-8-12/h5-8,14H,9-11H2,1-4H3. The van der Waals surface area contributed by atoms with Crippen molar-refractivity contribution in [2.45, 2.75) is 20.4 Å². The van der Waals surface area contributed by atoms with Gasteiger partial charge < -0.3 is 10.2 Å². The van der Waals surface area contributed by atoms with E-state index in [1.165, 1.54) is 5.56 Å². The Morgan fingerprint density at radius 3 is 2.75 bits per heavy atom. The zero-order chi connectivity index (χ0) is 12.0. The minimum Gasteiger partial charge on any atom is -0.319 e. The molecule has 1 heterocycles. The third-order valence-electron chi connectivity index (χ3n) is 2.53. The topological polar surface area (TPSA) is 28.2 Å². The predicted molar refractivity (Wildman–Crippen MR) is 68.3 cm³/mol. The molecular weight excluding hydrogens is 198 g/mol. The lowest BCUT2D eigenvalue weighted by atomic mass is 9.93. The summed E-state index contributed by atoms with van der Waals surface area (Å²) in [5.41, 5.74) is 1.57. The van der Waals surface area contributed by atoms with Gasteiger partial charge in [-0.2, -0.15) is 0 Å². The molecule has 0 fully saturated rings. The molecule has 0 aliphatic carbocycles. The summed E-state index contributed by atoms with van der Waals surface area (Å²) in [5, 5.41) is 3.24. The van der Waals surface area contributed by atoms with E-state index in [1.54, 1.807) is 0 Å². The van der Waals surface area contributed by atoms with Crippen molar-refractivity contribution in [3.8, 4) is 0 Å². The van der Waals surface area contributed by atoms with E-state index in [-0.39, 0.29) is 0 Å². The molecule has 0 spiro atoms. The third kappa shape index (κ3) is 4.73. The van der Waals surface area contributed by atoms with E-state index in [4.69, 9.17) is 0 Å². The zero-order valence-electron chi connectivity index (χ0n) is 10.8. The molecule has 0 saturated carbocycles. The van der Waals surface area contributed by atoms with Gasteiger partial charge in [0, 0.05) is 32.0 Å². The van der Waals surface area contributed by atoms with Gasteiger partial charge in [0.05, 0.1) is 0 Å². The van der Waals surface area contributed by atoms with Gasteiger partial charge in [0.2, 0.25) is 0 Å². The summed E-state index contributed by atoms with van der Waals surface area (Å²) in [4.78, 5) is 6.47. The van der Waals surface area contributed by atoms with Crippen LogP contribution in [0.4, 0.5) is 0 Å². The SMILES string of the molecule is CNCC(C)(C)CN(C)Cc1cccnc1. The fourth-order valence-electron chi connectivity index (χ4n) is 2.12. The smallest absolute Gasteiger partial charge is 0.0312 e. The zero-order valence-corrected chi connectivity index (χ0v) is 10.8. The van der Waals surface area contributed by atoms with Crippen LogP contribution in [-0.4, -0.2) is 37.1 Å². The highest BCUT2D eigenvalue weighted by molar-refractivity contribution is 5.08. The van der Waals surface area contributed by atoms with Crippen LogP contribution in [-0.2, 0) is 6.54 Å². The molecule has 0 amide bonds. The maximum absolute atomic E-state index is 4.13. The summed E-state index contributed by atoms with van der Waals surface area (Å²) in [6.45, 7) is 7.63. The van der Waals surface area contributed by atoms with Crippen LogP contribution in [0.1, 0.15) is 19.4 Å². The van der Waals surface area contributed by atoms with Gasteiger partial charge in [0.1, 0.15) is 0 Å². The Labute approximate surface area is 98.9 Å². The van der Waals surface area contributed by atoms with E-state index < -0.39 is 0 Å². The molecular formula is C13H23N3. The summed E-state index contributed by atoms with van der Waals surface area (Å²) in [7, 11) is 4.16. The van der Waals surface area contributed by atoms with Crippen molar-refractivity contribution in [3.05, 3.63) is 30.1 Å². The second kappa shape index (κ2) is 5.97. The van der Waals surface area contributed by atoms with Gasteiger partial charge in [-0.1, -0.05) is 19.9 Å². The molecule has 0 aliphatic rings. The van der Waals surface area contributed by atoms with Crippen molar-refractivity contribution in [2.75, 3.05) is 27.2 Å².